The van der Waals surface area contributed by atoms with Crippen molar-refractivity contribution in [3.05, 3.63) is 42.0 Å². The molecule has 1 aromatic carbocycles. The number of imidazole rings is 1. The average molecular weight is 379 g/mol. The Morgan fingerprint density at radius 3 is 2.65 bits per heavy atom. The second kappa shape index (κ2) is 7.65. The van der Waals surface area contributed by atoms with E-state index in [1.807, 2.05) is 13.0 Å². The normalized spacial score (nSPS) is 15.5. The monoisotopic (exact) mass is 379 g/mol. The van der Waals surface area contributed by atoms with Gasteiger partial charge in [-0.2, -0.15) is 12.7 Å². The molecule has 0 atom stereocenters. The number of nitrogens with zero attached hydrogens (tertiary/aromatic N) is 4. The van der Waals surface area contributed by atoms with Gasteiger partial charge < -0.3 is 15.0 Å². The van der Waals surface area contributed by atoms with Gasteiger partial charge in [0.25, 0.3) is 0 Å². The number of anilines is 2. The summed E-state index contributed by atoms with van der Waals surface area (Å²) in [6, 6.07) is 6.23. The SMILES string of the molecule is Cc1cc(N2CCOCC2)ccc1NCc1nccn1S(=O)(=O)N(C)C. The van der Waals surface area contributed by atoms with Gasteiger partial charge in [-0.15, -0.1) is 0 Å². The van der Waals surface area contributed by atoms with E-state index < -0.39 is 10.2 Å². The first kappa shape index (κ1) is 18.7. The van der Waals surface area contributed by atoms with Crippen molar-refractivity contribution in [2.24, 2.45) is 0 Å². The molecular formula is C17H25N5O3S. The molecule has 0 saturated carbocycles. The molecule has 2 heterocycles. The van der Waals surface area contributed by atoms with E-state index in [0.717, 1.165) is 37.6 Å². The highest BCUT2D eigenvalue weighted by atomic mass is 32.2. The van der Waals surface area contributed by atoms with Gasteiger partial charge in [-0.25, -0.2) is 8.96 Å². The Balaban J connectivity index is 1.72. The molecule has 26 heavy (non-hydrogen) atoms. The third-order valence-electron chi connectivity index (χ3n) is 4.41. The fourth-order valence-electron chi connectivity index (χ4n) is 2.87. The number of rotatable bonds is 6. The van der Waals surface area contributed by atoms with Crippen LogP contribution >= 0.6 is 0 Å². The van der Waals surface area contributed by atoms with Crippen LogP contribution in [0.5, 0.6) is 0 Å². The Morgan fingerprint density at radius 2 is 2.00 bits per heavy atom. The predicted molar refractivity (Wildman–Crippen MR) is 102 cm³/mol. The van der Waals surface area contributed by atoms with E-state index in [2.05, 4.69) is 27.3 Å². The van der Waals surface area contributed by atoms with Gasteiger partial charge in [-0.3, -0.25) is 0 Å². The standard InChI is InChI=1S/C17H25N5O3S/c1-14-12-15(21-8-10-25-11-9-21)4-5-16(14)19-13-17-18-6-7-22(17)26(23,24)20(2)3/h4-7,12,19H,8-11,13H2,1-3H3. The van der Waals surface area contributed by atoms with E-state index in [4.69, 9.17) is 4.74 Å². The van der Waals surface area contributed by atoms with Gasteiger partial charge >= 0.3 is 10.2 Å². The first-order chi connectivity index (χ1) is 12.4. The highest BCUT2D eigenvalue weighted by molar-refractivity contribution is 7.87. The van der Waals surface area contributed by atoms with Gasteiger partial charge in [0.05, 0.1) is 19.8 Å². The number of aryl methyl sites for hydroxylation is 1. The van der Waals surface area contributed by atoms with Crippen molar-refractivity contribution in [3.8, 4) is 0 Å². The maximum Gasteiger partial charge on any atom is 0.308 e. The lowest BCUT2D eigenvalue weighted by Crippen LogP contribution is -2.36. The number of benzene rings is 1. The summed E-state index contributed by atoms with van der Waals surface area (Å²) in [6.07, 6.45) is 2.95. The maximum absolute atomic E-state index is 12.3. The van der Waals surface area contributed by atoms with E-state index in [-0.39, 0.29) is 0 Å². The molecule has 1 aromatic heterocycles. The summed E-state index contributed by atoms with van der Waals surface area (Å²) in [6.45, 7) is 5.65. The molecule has 9 heteroatoms. The summed E-state index contributed by atoms with van der Waals surface area (Å²) in [7, 11) is -0.569. The summed E-state index contributed by atoms with van der Waals surface area (Å²) in [5, 5.41) is 3.29. The number of nitrogens with one attached hydrogen (secondary N) is 1. The lowest BCUT2D eigenvalue weighted by Gasteiger charge is -2.29. The van der Waals surface area contributed by atoms with E-state index in [9.17, 15) is 8.42 Å². The fourth-order valence-corrected chi connectivity index (χ4v) is 3.81. The van der Waals surface area contributed by atoms with E-state index in [0.29, 0.717) is 12.4 Å². The lowest BCUT2D eigenvalue weighted by molar-refractivity contribution is 0.122. The molecule has 1 aliphatic heterocycles. The van der Waals surface area contributed by atoms with Gasteiger partial charge in [0.1, 0.15) is 5.82 Å². The van der Waals surface area contributed by atoms with Crippen molar-refractivity contribution in [2.45, 2.75) is 13.5 Å². The van der Waals surface area contributed by atoms with Crippen LogP contribution in [-0.4, -0.2) is 62.1 Å². The van der Waals surface area contributed by atoms with Crippen molar-refractivity contribution >= 4 is 21.6 Å². The highest BCUT2D eigenvalue weighted by Crippen LogP contribution is 2.24. The zero-order chi connectivity index (χ0) is 18.7. The Bertz CT molecular complexity index is 857. The van der Waals surface area contributed by atoms with Crippen LogP contribution in [0, 0.1) is 6.92 Å². The van der Waals surface area contributed by atoms with Crippen molar-refractivity contribution < 1.29 is 13.2 Å². The fraction of sp³-hybridized carbons (Fsp3) is 0.471. The summed E-state index contributed by atoms with van der Waals surface area (Å²) < 4.78 is 32.4. The molecule has 1 saturated heterocycles. The van der Waals surface area contributed by atoms with Crippen LogP contribution in [-0.2, 0) is 21.5 Å². The van der Waals surface area contributed by atoms with Gasteiger partial charge in [-0.05, 0) is 30.7 Å². The van der Waals surface area contributed by atoms with Gasteiger partial charge in [0.2, 0.25) is 0 Å². The molecule has 1 N–H and O–H groups in total. The largest absolute Gasteiger partial charge is 0.378 e. The average Bonchev–Trinajstić information content (AvgIpc) is 3.10. The second-order valence-corrected chi connectivity index (χ2v) is 8.40. The van der Waals surface area contributed by atoms with Gasteiger partial charge in [-0.1, -0.05) is 0 Å². The van der Waals surface area contributed by atoms with Crippen molar-refractivity contribution in [3.63, 3.8) is 0 Å². The summed E-state index contributed by atoms with van der Waals surface area (Å²) >= 11 is 0. The number of hydrogen-bond acceptors (Lipinski definition) is 6. The smallest absolute Gasteiger partial charge is 0.308 e. The first-order valence-electron chi connectivity index (χ1n) is 8.52. The summed E-state index contributed by atoms with van der Waals surface area (Å²) in [4.78, 5) is 6.48. The highest BCUT2D eigenvalue weighted by Gasteiger charge is 2.19. The first-order valence-corrected chi connectivity index (χ1v) is 9.92. The second-order valence-electron chi connectivity index (χ2n) is 6.38. The van der Waals surface area contributed by atoms with Crippen molar-refractivity contribution in [1.82, 2.24) is 13.3 Å². The molecule has 142 valence electrons. The summed E-state index contributed by atoms with van der Waals surface area (Å²) in [5.74, 6) is 0.440. The van der Waals surface area contributed by atoms with E-state index in [1.165, 1.54) is 40.5 Å². The van der Waals surface area contributed by atoms with Crippen LogP contribution in [0.25, 0.3) is 0 Å². The third-order valence-corrected chi connectivity index (χ3v) is 6.17. The Kier molecular flexibility index (Phi) is 5.49. The number of morpholine rings is 1. The number of ether oxygens (including phenoxy) is 1. The molecule has 8 nitrogen and oxygen atoms in total. The van der Waals surface area contributed by atoms with Crippen LogP contribution in [0.1, 0.15) is 11.4 Å². The maximum atomic E-state index is 12.3. The molecular weight excluding hydrogens is 354 g/mol. The van der Waals surface area contributed by atoms with Crippen molar-refractivity contribution in [1.29, 1.82) is 0 Å². The van der Waals surface area contributed by atoms with E-state index >= 15 is 0 Å². The molecule has 3 rings (SSSR count). The van der Waals surface area contributed by atoms with Gasteiger partial charge in [0.15, 0.2) is 0 Å². The van der Waals surface area contributed by atoms with Crippen LogP contribution < -0.4 is 10.2 Å². The molecule has 1 aliphatic rings. The number of aromatic nitrogens is 2. The molecule has 0 bridgehead atoms. The number of hydrogen-bond donors (Lipinski definition) is 1. The zero-order valence-electron chi connectivity index (χ0n) is 15.3. The molecule has 1 fully saturated rings. The minimum Gasteiger partial charge on any atom is -0.378 e. The van der Waals surface area contributed by atoms with Crippen LogP contribution in [0.15, 0.2) is 30.6 Å². The molecule has 0 radical (unpaired) electrons. The molecule has 0 unspecified atom stereocenters. The molecule has 2 aromatic rings. The molecule has 0 aliphatic carbocycles. The quantitative estimate of drug-likeness (QED) is 0.815. The lowest BCUT2D eigenvalue weighted by atomic mass is 10.1. The molecule has 0 amide bonds. The minimum absolute atomic E-state index is 0.317. The Morgan fingerprint density at radius 1 is 1.27 bits per heavy atom. The van der Waals surface area contributed by atoms with Crippen LogP contribution in [0.4, 0.5) is 11.4 Å². The Labute approximate surface area is 154 Å². The van der Waals surface area contributed by atoms with Crippen LogP contribution in [0.2, 0.25) is 0 Å². The Hall–Kier alpha value is -2.10. The van der Waals surface area contributed by atoms with Gasteiger partial charge in [0, 0.05) is 51.0 Å². The van der Waals surface area contributed by atoms with Crippen LogP contribution in [0.3, 0.4) is 0 Å². The summed E-state index contributed by atoms with van der Waals surface area (Å²) in [5.41, 5.74) is 3.23. The predicted octanol–water partition coefficient (Wildman–Crippen LogP) is 1.29. The van der Waals surface area contributed by atoms with Crippen molar-refractivity contribution in [2.75, 3.05) is 50.6 Å². The molecule has 0 spiro atoms. The minimum atomic E-state index is -3.57. The topological polar surface area (TPSA) is 79.7 Å². The zero-order valence-corrected chi connectivity index (χ0v) is 16.2. The van der Waals surface area contributed by atoms with E-state index in [1.54, 1.807) is 0 Å². The third kappa shape index (κ3) is 3.84.